The van der Waals surface area contributed by atoms with Gasteiger partial charge in [-0.25, -0.2) is 4.39 Å². The molecule has 1 N–H and O–H groups in total. The molecule has 8 nitrogen and oxygen atoms in total. The molecule has 2 heterocycles. The van der Waals surface area contributed by atoms with E-state index in [4.69, 9.17) is 20.9 Å². The van der Waals surface area contributed by atoms with E-state index in [1.54, 1.807) is 0 Å². The van der Waals surface area contributed by atoms with Crippen LogP contribution in [0.5, 0.6) is 0 Å². The second-order valence-corrected chi connectivity index (χ2v) is 6.49. The first-order valence-corrected chi connectivity index (χ1v) is 8.69. The molecule has 10 heteroatoms. The van der Waals surface area contributed by atoms with Crippen LogP contribution < -0.4 is 10.2 Å². The minimum Gasteiger partial charge on any atom is -0.375 e. The highest BCUT2D eigenvalue weighted by Crippen LogP contribution is 2.28. The van der Waals surface area contributed by atoms with Gasteiger partial charge in [-0.05, 0) is 18.2 Å². The molecule has 0 bridgehead atoms. The van der Waals surface area contributed by atoms with E-state index in [0.717, 1.165) is 0 Å². The van der Waals surface area contributed by atoms with Gasteiger partial charge in [0.05, 0.1) is 10.9 Å². The maximum Gasteiger partial charge on any atom is 0.252 e. The van der Waals surface area contributed by atoms with E-state index < -0.39 is 11.7 Å². The van der Waals surface area contributed by atoms with Gasteiger partial charge in [-0.15, -0.1) is 0 Å². The number of carbonyl (C=O) groups excluding carboxylic acids is 2. The number of nitrogens with zero attached hydrogens (tertiary/aromatic N) is 3. The third-order valence-electron chi connectivity index (χ3n) is 4.14. The van der Waals surface area contributed by atoms with Crippen molar-refractivity contribution < 1.29 is 23.2 Å². The number of hydrogen-bond donors (Lipinski definition) is 1. The molecule has 0 radical (unpaired) electrons. The van der Waals surface area contributed by atoms with Crippen molar-refractivity contribution in [3.63, 3.8) is 0 Å². The first kappa shape index (κ1) is 19.2. The summed E-state index contributed by atoms with van der Waals surface area (Å²) in [6.07, 6.45) is 0.484. The van der Waals surface area contributed by atoms with Crippen LogP contribution >= 0.6 is 11.6 Å². The Morgan fingerprint density at radius 2 is 2.33 bits per heavy atom. The number of carbonyl (C=O) groups is 2. The molecule has 2 aromatic rings. The predicted octanol–water partition coefficient (Wildman–Crippen LogP) is 1.72. The zero-order chi connectivity index (χ0) is 19.4. The normalized spacial score (nSPS) is 16.8. The van der Waals surface area contributed by atoms with Gasteiger partial charge in [-0.3, -0.25) is 9.59 Å². The van der Waals surface area contributed by atoms with Crippen LogP contribution in [0.3, 0.4) is 0 Å². The minimum absolute atomic E-state index is 0.0684. The monoisotopic (exact) mass is 396 g/mol. The van der Waals surface area contributed by atoms with Crippen LogP contribution in [0.25, 0.3) is 0 Å². The molecule has 2 amide bonds. The lowest BCUT2D eigenvalue weighted by molar-refractivity contribution is -0.126. The topological polar surface area (TPSA) is 97.6 Å². The fraction of sp³-hybridized carbons (Fsp3) is 0.412. The third kappa shape index (κ3) is 4.61. The van der Waals surface area contributed by atoms with Gasteiger partial charge in [0.25, 0.3) is 5.89 Å². The van der Waals surface area contributed by atoms with Gasteiger partial charge in [-0.1, -0.05) is 16.8 Å². The second kappa shape index (κ2) is 8.45. The van der Waals surface area contributed by atoms with Crippen LogP contribution in [0.1, 0.15) is 18.1 Å². The van der Waals surface area contributed by atoms with E-state index in [1.165, 1.54) is 30.2 Å². The Morgan fingerprint density at radius 1 is 1.52 bits per heavy atom. The molecule has 1 aromatic carbocycles. The molecule has 3 rings (SSSR count). The van der Waals surface area contributed by atoms with Crippen molar-refractivity contribution in [3.8, 4) is 0 Å². The smallest absolute Gasteiger partial charge is 0.252 e. The fourth-order valence-electron chi connectivity index (χ4n) is 2.80. The number of halogens is 2. The Labute approximate surface area is 159 Å². The number of hydrogen-bond acceptors (Lipinski definition) is 6. The largest absolute Gasteiger partial charge is 0.375 e. The molecule has 1 atom stereocenters. The Bertz CT molecular complexity index is 844. The molecule has 1 unspecified atom stereocenters. The fourth-order valence-corrected chi connectivity index (χ4v) is 2.98. The summed E-state index contributed by atoms with van der Waals surface area (Å²) in [6.45, 7) is 0.761. The number of amides is 2. The summed E-state index contributed by atoms with van der Waals surface area (Å²) in [5, 5.41) is 6.49. The van der Waals surface area contributed by atoms with Gasteiger partial charge in [0.1, 0.15) is 12.4 Å². The lowest BCUT2D eigenvalue weighted by Crippen LogP contribution is -2.34. The molecule has 27 heavy (non-hydrogen) atoms. The number of nitrogens with one attached hydrogen (secondary N) is 1. The highest BCUT2D eigenvalue weighted by molar-refractivity contribution is 6.31. The SMILES string of the molecule is COCc1nc(CCNC(=O)C2CC(=O)N(c3ccc(F)c(Cl)c3)C2)no1. The third-order valence-corrected chi connectivity index (χ3v) is 4.43. The highest BCUT2D eigenvalue weighted by atomic mass is 35.5. The Kier molecular flexibility index (Phi) is 6.02. The van der Waals surface area contributed by atoms with Crippen LogP contribution in [0.4, 0.5) is 10.1 Å². The van der Waals surface area contributed by atoms with Crippen LogP contribution in [-0.2, 0) is 27.4 Å². The molecule has 1 aliphatic heterocycles. The summed E-state index contributed by atoms with van der Waals surface area (Å²) >= 11 is 5.77. The number of aromatic nitrogens is 2. The van der Waals surface area contributed by atoms with Gasteiger partial charge in [0.15, 0.2) is 5.82 Å². The summed E-state index contributed by atoms with van der Waals surface area (Å²) in [7, 11) is 1.52. The molecular formula is C17H18ClFN4O4. The van der Waals surface area contributed by atoms with Gasteiger partial charge >= 0.3 is 0 Å². The van der Waals surface area contributed by atoms with Crippen LogP contribution in [0, 0.1) is 11.7 Å². The van der Waals surface area contributed by atoms with E-state index in [9.17, 15) is 14.0 Å². The van der Waals surface area contributed by atoms with Crippen LogP contribution in [-0.4, -0.2) is 42.2 Å². The van der Waals surface area contributed by atoms with Crippen LogP contribution in [0.15, 0.2) is 22.7 Å². The van der Waals surface area contributed by atoms with E-state index in [0.29, 0.717) is 30.4 Å². The average Bonchev–Trinajstić information content (AvgIpc) is 3.24. The van der Waals surface area contributed by atoms with Crippen molar-refractivity contribution in [1.29, 1.82) is 0 Å². The molecule has 1 fully saturated rings. The molecule has 0 saturated carbocycles. The van der Waals surface area contributed by atoms with Crippen molar-refractivity contribution >= 4 is 29.1 Å². The van der Waals surface area contributed by atoms with Gasteiger partial charge < -0.3 is 19.5 Å². The van der Waals surface area contributed by atoms with Crippen molar-refractivity contribution in [2.75, 3.05) is 25.1 Å². The first-order valence-electron chi connectivity index (χ1n) is 8.31. The van der Waals surface area contributed by atoms with Gasteiger partial charge in [-0.2, -0.15) is 4.98 Å². The maximum absolute atomic E-state index is 13.3. The van der Waals surface area contributed by atoms with Gasteiger partial charge in [0.2, 0.25) is 11.8 Å². The molecule has 0 aliphatic carbocycles. The summed E-state index contributed by atoms with van der Waals surface area (Å²) in [5.41, 5.74) is 0.471. The predicted molar refractivity (Wildman–Crippen MR) is 93.6 cm³/mol. The zero-order valence-electron chi connectivity index (χ0n) is 14.6. The molecule has 1 saturated heterocycles. The quantitative estimate of drug-likeness (QED) is 0.765. The summed E-state index contributed by atoms with van der Waals surface area (Å²) < 4.78 is 23.1. The lowest BCUT2D eigenvalue weighted by atomic mass is 10.1. The average molecular weight is 397 g/mol. The number of benzene rings is 1. The molecule has 0 spiro atoms. The highest BCUT2D eigenvalue weighted by Gasteiger charge is 2.35. The molecule has 1 aliphatic rings. The molecular weight excluding hydrogens is 379 g/mol. The number of methoxy groups -OCH3 is 1. The summed E-state index contributed by atoms with van der Waals surface area (Å²) in [4.78, 5) is 30.1. The van der Waals surface area contributed by atoms with Crippen molar-refractivity contribution in [2.24, 2.45) is 5.92 Å². The Hall–Kier alpha value is -2.52. The van der Waals surface area contributed by atoms with Crippen molar-refractivity contribution in [3.05, 3.63) is 40.8 Å². The zero-order valence-corrected chi connectivity index (χ0v) is 15.3. The number of rotatable bonds is 7. The molecule has 1 aromatic heterocycles. The first-order chi connectivity index (χ1) is 13.0. The van der Waals surface area contributed by atoms with Gasteiger partial charge in [0, 0.05) is 38.7 Å². The van der Waals surface area contributed by atoms with Crippen molar-refractivity contribution in [1.82, 2.24) is 15.5 Å². The summed E-state index contributed by atoms with van der Waals surface area (Å²) in [6, 6.07) is 4.04. The number of ether oxygens (including phenoxy) is 1. The Balaban J connectivity index is 1.51. The van der Waals surface area contributed by atoms with E-state index >= 15 is 0 Å². The lowest BCUT2D eigenvalue weighted by Gasteiger charge is -2.17. The molecule has 144 valence electrons. The van der Waals surface area contributed by atoms with E-state index in [1.807, 2.05) is 0 Å². The van der Waals surface area contributed by atoms with Crippen molar-refractivity contribution in [2.45, 2.75) is 19.4 Å². The second-order valence-electron chi connectivity index (χ2n) is 6.08. The number of anilines is 1. The maximum atomic E-state index is 13.3. The minimum atomic E-state index is -0.559. The Morgan fingerprint density at radius 3 is 3.07 bits per heavy atom. The van der Waals surface area contributed by atoms with E-state index in [2.05, 4.69) is 15.5 Å². The summed E-state index contributed by atoms with van der Waals surface area (Å²) in [5.74, 6) is -0.659. The van der Waals surface area contributed by atoms with Crippen LogP contribution in [0.2, 0.25) is 5.02 Å². The standard InChI is InChI=1S/C17H18ClFN4O4/c1-26-9-15-21-14(22-27-15)4-5-20-17(25)10-6-16(24)23(8-10)11-2-3-13(19)12(18)7-11/h2-3,7,10H,4-6,8-9H2,1H3,(H,20,25). The van der Waals surface area contributed by atoms with E-state index in [-0.39, 0.29) is 36.4 Å².